The highest BCUT2D eigenvalue weighted by molar-refractivity contribution is 5.96. The van der Waals surface area contributed by atoms with Gasteiger partial charge >= 0.3 is 5.97 Å². The third-order valence-corrected chi connectivity index (χ3v) is 1.84. The Morgan fingerprint density at radius 2 is 2.19 bits per heavy atom. The molecule has 0 heterocycles. The van der Waals surface area contributed by atoms with Crippen LogP contribution in [0.1, 0.15) is 10.4 Å². The van der Waals surface area contributed by atoms with Gasteiger partial charge in [-0.2, -0.15) is 0 Å². The van der Waals surface area contributed by atoms with Crippen LogP contribution in [0.15, 0.2) is 18.2 Å². The van der Waals surface area contributed by atoms with Crippen molar-refractivity contribution in [1.82, 2.24) is 0 Å². The van der Waals surface area contributed by atoms with Crippen molar-refractivity contribution in [3.63, 3.8) is 0 Å². The van der Waals surface area contributed by atoms with Crippen LogP contribution < -0.4 is 10.5 Å². The molecular formula is C10H11F2NO3. The fraction of sp³-hybridized carbons (Fsp3) is 0.300. The maximum atomic E-state index is 11.9. The van der Waals surface area contributed by atoms with Crippen molar-refractivity contribution in [3.05, 3.63) is 23.8 Å². The van der Waals surface area contributed by atoms with Gasteiger partial charge in [-0.05, 0) is 12.1 Å². The number of ether oxygens (including phenoxy) is 2. The van der Waals surface area contributed by atoms with Crippen LogP contribution in [0, 0.1) is 0 Å². The lowest BCUT2D eigenvalue weighted by molar-refractivity contribution is 0.0601. The van der Waals surface area contributed by atoms with Gasteiger partial charge in [0.2, 0.25) is 0 Å². The Labute approximate surface area is 91.0 Å². The van der Waals surface area contributed by atoms with E-state index < -0.39 is 19.0 Å². The van der Waals surface area contributed by atoms with Gasteiger partial charge in [-0.25, -0.2) is 13.6 Å². The number of hydrogen-bond acceptors (Lipinski definition) is 4. The Balaban J connectivity index is 2.90. The molecule has 0 fully saturated rings. The van der Waals surface area contributed by atoms with Gasteiger partial charge in [-0.15, -0.1) is 0 Å². The van der Waals surface area contributed by atoms with Crippen molar-refractivity contribution >= 4 is 11.7 Å². The summed E-state index contributed by atoms with van der Waals surface area (Å²) in [6.45, 7) is -0.769. The monoisotopic (exact) mass is 231 g/mol. The molecule has 16 heavy (non-hydrogen) atoms. The van der Waals surface area contributed by atoms with Crippen LogP contribution in [0.25, 0.3) is 0 Å². The van der Waals surface area contributed by atoms with Crippen molar-refractivity contribution in [2.75, 3.05) is 19.5 Å². The highest BCUT2D eigenvalue weighted by Gasteiger charge is 2.14. The molecule has 0 saturated heterocycles. The van der Waals surface area contributed by atoms with Crippen molar-refractivity contribution in [2.45, 2.75) is 6.43 Å². The van der Waals surface area contributed by atoms with Crippen molar-refractivity contribution in [2.24, 2.45) is 0 Å². The van der Waals surface area contributed by atoms with Crippen LogP contribution in [0.2, 0.25) is 0 Å². The first-order valence-corrected chi connectivity index (χ1v) is 4.44. The molecule has 0 aromatic heterocycles. The van der Waals surface area contributed by atoms with Crippen LogP contribution in [-0.4, -0.2) is 26.1 Å². The van der Waals surface area contributed by atoms with Gasteiger partial charge < -0.3 is 15.2 Å². The minimum atomic E-state index is -2.60. The maximum Gasteiger partial charge on any atom is 0.340 e. The Kier molecular flexibility index (Phi) is 4.04. The fourth-order valence-corrected chi connectivity index (χ4v) is 1.11. The second-order valence-electron chi connectivity index (χ2n) is 2.91. The summed E-state index contributed by atoms with van der Waals surface area (Å²) in [5.74, 6) is -0.594. The van der Waals surface area contributed by atoms with E-state index >= 15 is 0 Å². The predicted molar refractivity (Wildman–Crippen MR) is 53.7 cm³/mol. The number of halogens is 2. The van der Waals surface area contributed by atoms with E-state index in [0.29, 0.717) is 0 Å². The van der Waals surface area contributed by atoms with Gasteiger partial charge in [-0.3, -0.25) is 0 Å². The van der Waals surface area contributed by atoms with Gasteiger partial charge in [0.25, 0.3) is 6.43 Å². The topological polar surface area (TPSA) is 61.5 Å². The molecule has 0 unspecified atom stereocenters. The Hall–Kier alpha value is -1.85. The molecule has 4 nitrogen and oxygen atoms in total. The third-order valence-electron chi connectivity index (χ3n) is 1.84. The molecule has 1 rings (SSSR count). The molecule has 88 valence electrons. The first kappa shape index (κ1) is 12.2. The Morgan fingerprint density at radius 1 is 1.50 bits per heavy atom. The summed E-state index contributed by atoms with van der Waals surface area (Å²) < 4.78 is 33.1. The molecule has 0 aliphatic carbocycles. The lowest BCUT2D eigenvalue weighted by atomic mass is 10.1. The zero-order chi connectivity index (χ0) is 12.1. The largest absolute Gasteiger partial charge is 0.485 e. The quantitative estimate of drug-likeness (QED) is 0.632. The van der Waals surface area contributed by atoms with Crippen molar-refractivity contribution in [3.8, 4) is 5.75 Å². The van der Waals surface area contributed by atoms with Crippen LogP contribution >= 0.6 is 0 Å². The lowest BCUT2D eigenvalue weighted by Gasteiger charge is -2.10. The molecule has 2 N–H and O–H groups in total. The van der Waals surface area contributed by atoms with Gasteiger partial charge in [0.05, 0.1) is 18.4 Å². The number of anilines is 1. The first-order valence-electron chi connectivity index (χ1n) is 4.44. The number of rotatable bonds is 4. The van der Waals surface area contributed by atoms with E-state index in [1.807, 2.05) is 0 Å². The molecule has 0 spiro atoms. The van der Waals surface area contributed by atoms with Crippen LogP contribution in [0.3, 0.4) is 0 Å². The van der Waals surface area contributed by atoms with E-state index in [1.165, 1.54) is 25.3 Å². The maximum absolute atomic E-state index is 11.9. The van der Waals surface area contributed by atoms with E-state index in [1.54, 1.807) is 0 Å². The van der Waals surface area contributed by atoms with Gasteiger partial charge in [-0.1, -0.05) is 6.07 Å². The van der Waals surface area contributed by atoms with Crippen LogP contribution in [-0.2, 0) is 4.74 Å². The van der Waals surface area contributed by atoms with E-state index in [4.69, 9.17) is 10.5 Å². The number of carbonyl (C=O) groups excluding carboxylic acids is 1. The minimum absolute atomic E-state index is 0.00463. The second-order valence-corrected chi connectivity index (χ2v) is 2.91. The molecule has 0 aliphatic rings. The summed E-state index contributed by atoms with van der Waals surface area (Å²) in [5, 5.41) is 0. The standard InChI is InChI=1S/C10H11F2NO3/c1-15-10(14)6-3-2-4-7(9(6)13)16-5-8(11)12/h2-4,8H,5,13H2,1H3. The SMILES string of the molecule is COC(=O)c1cccc(OCC(F)F)c1N. The van der Waals surface area contributed by atoms with E-state index in [2.05, 4.69) is 4.74 Å². The summed E-state index contributed by atoms with van der Waals surface area (Å²) in [4.78, 5) is 11.2. The molecular weight excluding hydrogens is 220 g/mol. The zero-order valence-electron chi connectivity index (χ0n) is 8.57. The van der Waals surface area contributed by atoms with E-state index in [0.717, 1.165) is 0 Å². The number of benzene rings is 1. The molecule has 0 saturated carbocycles. The second kappa shape index (κ2) is 5.29. The third kappa shape index (κ3) is 2.82. The molecule has 0 aliphatic heterocycles. The number of nitrogens with two attached hydrogens (primary N) is 1. The van der Waals surface area contributed by atoms with Crippen molar-refractivity contribution in [1.29, 1.82) is 0 Å². The molecule has 6 heteroatoms. The number of methoxy groups -OCH3 is 1. The number of carbonyl (C=O) groups is 1. The number of para-hydroxylation sites is 1. The summed E-state index contributed by atoms with van der Waals surface area (Å²) in [6.07, 6.45) is -2.60. The highest BCUT2D eigenvalue weighted by atomic mass is 19.3. The smallest absolute Gasteiger partial charge is 0.340 e. The number of alkyl halides is 2. The molecule has 0 atom stereocenters. The predicted octanol–water partition coefficient (Wildman–Crippen LogP) is 1.70. The van der Waals surface area contributed by atoms with E-state index in [9.17, 15) is 13.6 Å². The molecule has 0 radical (unpaired) electrons. The highest BCUT2D eigenvalue weighted by Crippen LogP contribution is 2.25. The van der Waals surface area contributed by atoms with Crippen LogP contribution in [0.5, 0.6) is 5.75 Å². The molecule has 1 aromatic carbocycles. The first-order chi connectivity index (χ1) is 7.56. The minimum Gasteiger partial charge on any atom is -0.485 e. The number of esters is 1. The Bertz CT molecular complexity index is 382. The average molecular weight is 231 g/mol. The van der Waals surface area contributed by atoms with E-state index in [-0.39, 0.29) is 17.0 Å². The lowest BCUT2D eigenvalue weighted by Crippen LogP contribution is -2.11. The van der Waals surface area contributed by atoms with Crippen molar-refractivity contribution < 1.29 is 23.0 Å². The summed E-state index contributed by atoms with van der Waals surface area (Å²) in [5.41, 5.74) is 5.66. The molecule has 0 amide bonds. The number of nitrogen functional groups attached to an aromatic ring is 1. The van der Waals surface area contributed by atoms with Gasteiger partial charge in [0.15, 0.2) is 0 Å². The fourth-order valence-electron chi connectivity index (χ4n) is 1.11. The number of hydrogen-bond donors (Lipinski definition) is 1. The summed E-state index contributed by atoms with van der Waals surface area (Å²) in [6, 6.07) is 4.31. The Morgan fingerprint density at radius 3 is 2.75 bits per heavy atom. The van der Waals surface area contributed by atoms with Crippen LogP contribution in [0.4, 0.5) is 14.5 Å². The zero-order valence-corrected chi connectivity index (χ0v) is 8.57. The van der Waals surface area contributed by atoms with Gasteiger partial charge in [0, 0.05) is 0 Å². The van der Waals surface area contributed by atoms with Gasteiger partial charge in [0.1, 0.15) is 12.4 Å². The molecule has 0 bridgehead atoms. The molecule has 1 aromatic rings. The summed E-state index contributed by atoms with van der Waals surface area (Å²) >= 11 is 0. The normalized spacial score (nSPS) is 10.2. The average Bonchev–Trinajstić information content (AvgIpc) is 2.26. The summed E-state index contributed by atoms with van der Waals surface area (Å²) in [7, 11) is 1.20.